The molecule has 0 saturated carbocycles. The molecule has 2 aromatic rings. The van der Waals surface area contributed by atoms with Crippen molar-refractivity contribution in [3.8, 4) is 0 Å². The minimum atomic E-state index is -3.38. The van der Waals surface area contributed by atoms with Crippen molar-refractivity contribution in [3.63, 3.8) is 0 Å². The third-order valence-electron chi connectivity index (χ3n) is 4.27. The Balaban J connectivity index is 2.07. The van der Waals surface area contributed by atoms with E-state index < -0.39 is 10.0 Å². The molecule has 0 unspecified atom stereocenters. The molecule has 7 heteroatoms. The maximum Gasteiger partial charge on any atom is 0.251 e. The van der Waals surface area contributed by atoms with Crippen LogP contribution in [0.2, 0.25) is 0 Å². The molecule has 0 atom stereocenters. The third kappa shape index (κ3) is 6.69. The van der Waals surface area contributed by atoms with E-state index >= 15 is 0 Å². The minimum Gasteiger partial charge on any atom is -0.348 e. The van der Waals surface area contributed by atoms with Gasteiger partial charge in [-0.1, -0.05) is 44.2 Å². The van der Waals surface area contributed by atoms with Gasteiger partial charge >= 0.3 is 0 Å². The molecule has 0 aliphatic carbocycles. The summed E-state index contributed by atoms with van der Waals surface area (Å²) in [5, 5.41) is 2.92. The van der Waals surface area contributed by atoms with Gasteiger partial charge in [-0.3, -0.25) is 14.4 Å². The lowest BCUT2D eigenvalue weighted by atomic mass is 10.1. The zero-order valence-corrected chi connectivity index (χ0v) is 16.8. The average Bonchev–Trinajstić information content (AvgIpc) is 2.63. The van der Waals surface area contributed by atoms with Crippen LogP contribution in [0.3, 0.4) is 0 Å². The number of benzene rings is 2. The lowest BCUT2D eigenvalue weighted by Gasteiger charge is -2.20. The summed E-state index contributed by atoms with van der Waals surface area (Å²) in [4.78, 5) is 14.8. The Labute approximate surface area is 161 Å². The molecule has 146 valence electrons. The Morgan fingerprint density at radius 3 is 2.30 bits per heavy atom. The second-order valence-corrected chi connectivity index (χ2v) is 8.12. The van der Waals surface area contributed by atoms with Crippen molar-refractivity contribution >= 4 is 21.6 Å². The third-order valence-corrected chi connectivity index (χ3v) is 4.88. The maximum atomic E-state index is 12.5. The number of hydrogen-bond donors (Lipinski definition) is 2. The molecule has 0 heterocycles. The van der Waals surface area contributed by atoms with Gasteiger partial charge < -0.3 is 5.32 Å². The predicted octanol–water partition coefficient (Wildman–Crippen LogP) is 2.83. The molecule has 0 bridgehead atoms. The molecule has 1 amide bonds. The van der Waals surface area contributed by atoms with Gasteiger partial charge in [-0.2, -0.15) is 0 Å². The molecule has 27 heavy (non-hydrogen) atoms. The highest BCUT2D eigenvalue weighted by molar-refractivity contribution is 7.92. The molecular formula is C20H27N3O3S. The molecule has 0 aliphatic rings. The zero-order chi connectivity index (χ0) is 19.9. The number of carbonyl (C=O) groups excluding carboxylic acids is 1. The van der Waals surface area contributed by atoms with Crippen LogP contribution >= 0.6 is 0 Å². The summed E-state index contributed by atoms with van der Waals surface area (Å²) >= 11 is 0. The number of nitrogens with zero attached hydrogens (tertiary/aromatic N) is 1. The van der Waals surface area contributed by atoms with Crippen molar-refractivity contribution in [2.75, 3.05) is 24.1 Å². The molecule has 0 spiro atoms. The van der Waals surface area contributed by atoms with Crippen molar-refractivity contribution in [2.45, 2.75) is 26.9 Å². The SMILES string of the molecule is CCN(CC)Cc1ccccc1CNC(=O)c1cccc(NS(C)(=O)=O)c1. The standard InChI is InChI=1S/C20H27N3O3S/c1-4-23(5-2)15-18-10-7-6-9-17(18)14-21-20(24)16-11-8-12-19(13-16)22-27(3,25)26/h6-13,22H,4-5,14-15H2,1-3H3,(H,21,24). The Bertz CT molecular complexity index is 878. The molecule has 2 rings (SSSR count). The van der Waals surface area contributed by atoms with Crippen LogP contribution in [-0.2, 0) is 23.1 Å². The Kier molecular flexibility index (Phi) is 7.38. The number of anilines is 1. The first-order valence-electron chi connectivity index (χ1n) is 8.97. The number of carbonyl (C=O) groups is 1. The van der Waals surface area contributed by atoms with E-state index in [1.807, 2.05) is 18.2 Å². The summed E-state index contributed by atoms with van der Waals surface area (Å²) in [6.45, 7) is 7.46. The molecule has 0 radical (unpaired) electrons. The van der Waals surface area contributed by atoms with E-state index in [0.717, 1.165) is 31.5 Å². The number of hydrogen-bond acceptors (Lipinski definition) is 4. The topological polar surface area (TPSA) is 78.5 Å². The van der Waals surface area contributed by atoms with Crippen LogP contribution in [0.25, 0.3) is 0 Å². The van der Waals surface area contributed by atoms with E-state index in [9.17, 15) is 13.2 Å². The Morgan fingerprint density at radius 2 is 1.67 bits per heavy atom. The molecule has 0 fully saturated rings. The quantitative estimate of drug-likeness (QED) is 0.691. The molecular weight excluding hydrogens is 362 g/mol. The Hall–Kier alpha value is -2.38. The first-order chi connectivity index (χ1) is 12.8. The van der Waals surface area contributed by atoms with Gasteiger partial charge in [-0.05, 0) is 42.4 Å². The Morgan fingerprint density at radius 1 is 1.00 bits per heavy atom. The first-order valence-corrected chi connectivity index (χ1v) is 10.9. The van der Waals surface area contributed by atoms with Crippen LogP contribution in [0.15, 0.2) is 48.5 Å². The van der Waals surface area contributed by atoms with E-state index in [2.05, 4.69) is 34.9 Å². The van der Waals surface area contributed by atoms with Crippen molar-refractivity contribution in [1.29, 1.82) is 0 Å². The van der Waals surface area contributed by atoms with Gasteiger partial charge in [0.2, 0.25) is 10.0 Å². The van der Waals surface area contributed by atoms with Gasteiger partial charge in [-0.15, -0.1) is 0 Å². The minimum absolute atomic E-state index is 0.246. The zero-order valence-electron chi connectivity index (χ0n) is 16.0. The molecule has 2 aromatic carbocycles. The molecule has 6 nitrogen and oxygen atoms in total. The van der Waals surface area contributed by atoms with Crippen molar-refractivity contribution in [1.82, 2.24) is 10.2 Å². The van der Waals surface area contributed by atoms with Crippen LogP contribution in [-0.4, -0.2) is 38.6 Å². The van der Waals surface area contributed by atoms with Crippen LogP contribution in [0, 0.1) is 0 Å². The lowest BCUT2D eigenvalue weighted by Crippen LogP contribution is -2.26. The van der Waals surface area contributed by atoms with Crippen LogP contribution in [0.1, 0.15) is 35.3 Å². The number of sulfonamides is 1. The summed E-state index contributed by atoms with van der Waals surface area (Å²) < 4.78 is 25.1. The molecule has 2 N–H and O–H groups in total. The van der Waals surface area contributed by atoms with E-state index in [0.29, 0.717) is 17.8 Å². The summed E-state index contributed by atoms with van der Waals surface area (Å²) in [5.74, 6) is -0.246. The second kappa shape index (κ2) is 9.53. The second-order valence-electron chi connectivity index (χ2n) is 6.37. The number of rotatable bonds is 9. The summed E-state index contributed by atoms with van der Waals surface area (Å²) in [7, 11) is -3.38. The monoisotopic (exact) mass is 389 g/mol. The normalized spacial score (nSPS) is 11.4. The van der Waals surface area contributed by atoms with E-state index in [4.69, 9.17) is 0 Å². The molecule has 0 aliphatic heterocycles. The van der Waals surface area contributed by atoms with Crippen molar-refractivity contribution in [3.05, 3.63) is 65.2 Å². The lowest BCUT2D eigenvalue weighted by molar-refractivity contribution is 0.0950. The van der Waals surface area contributed by atoms with Gasteiger partial charge in [-0.25, -0.2) is 8.42 Å². The predicted molar refractivity (Wildman–Crippen MR) is 109 cm³/mol. The largest absolute Gasteiger partial charge is 0.348 e. The maximum absolute atomic E-state index is 12.5. The van der Waals surface area contributed by atoms with Crippen LogP contribution in [0.5, 0.6) is 0 Å². The highest BCUT2D eigenvalue weighted by Crippen LogP contribution is 2.14. The van der Waals surface area contributed by atoms with Crippen LogP contribution in [0.4, 0.5) is 5.69 Å². The van der Waals surface area contributed by atoms with E-state index in [-0.39, 0.29) is 5.91 Å². The van der Waals surface area contributed by atoms with Crippen LogP contribution < -0.4 is 10.0 Å². The molecule has 0 saturated heterocycles. The summed E-state index contributed by atoms with van der Waals surface area (Å²) in [6.07, 6.45) is 1.08. The van der Waals surface area contributed by atoms with E-state index in [1.165, 1.54) is 11.6 Å². The number of amides is 1. The van der Waals surface area contributed by atoms with Crippen molar-refractivity contribution in [2.24, 2.45) is 0 Å². The van der Waals surface area contributed by atoms with Gasteiger partial charge in [0.05, 0.1) is 6.26 Å². The van der Waals surface area contributed by atoms with Gasteiger partial charge in [0, 0.05) is 24.3 Å². The fraction of sp³-hybridized carbons (Fsp3) is 0.350. The fourth-order valence-electron chi connectivity index (χ4n) is 2.79. The summed E-state index contributed by atoms with van der Waals surface area (Å²) in [5.41, 5.74) is 3.04. The van der Waals surface area contributed by atoms with Crippen molar-refractivity contribution < 1.29 is 13.2 Å². The summed E-state index contributed by atoms with van der Waals surface area (Å²) in [6, 6.07) is 14.5. The smallest absolute Gasteiger partial charge is 0.251 e. The van der Waals surface area contributed by atoms with E-state index in [1.54, 1.807) is 18.2 Å². The van der Waals surface area contributed by atoms with Gasteiger partial charge in [0.15, 0.2) is 0 Å². The first kappa shape index (κ1) is 20.9. The molecule has 0 aromatic heterocycles. The highest BCUT2D eigenvalue weighted by atomic mass is 32.2. The van der Waals surface area contributed by atoms with Gasteiger partial charge in [0.1, 0.15) is 0 Å². The number of nitrogens with one attached hydrogen (secondary N) is 2. The van der Waals surface area contributed by atoms with Gasteiger partial charge in [0.25, 0.3) is 5.91 Å². The average molecular weight is 390 g/mol. The highest BCUT2D eigenvalue weighted by Gasteiger charge is 2.10. The fourth-order valence-corrected chi connectivity index (χ4v) is 3.34.